The van der Waals surface area contributed by atoms with Gasteiger partial charge in [0.2, 0.25) is 0 Å². The van der Waals surface area contributed by atoms with Crippen molar-refractivity contribution in [1.29, 1.82) is 0 Å². The van der Waals surface area contributed by atoms with Gasteiger partial charge in [-0.1, -0.05) is 42.8 Å². The zero-order valence-electron chi connectivity index (χ0n) is 18.0. The third-order valence-corrected chi connectivity index (χ3v) is 13.2. The molecule has 2 aromatic carbocycles. The summed E-state index contributed by atoms with van der Waals surface area (Å²) in [5, 5.41) is 0. The van der Waals surface area contributed by atoms with Crippen LogP contribution in [0.4, 0.5) is 0 Å². The van der Waals surface area contributed by atoms with Crippen molar-refractivity contribution in [3.63, 3.8) is 0 Å². The minimum atomic E-state index is -4.63. The molecular formula is C19H20N4O8S4. The summed E-state index contributed by atoms with van der Waals surface area (Å²) in [6.07, 6.45) is -0.525. The SMILES string of the molecule is [N-]=[N+]=C(S(=O)(=O)CCCCCS(=O)(=O)C(=[N+]=[N-])S(=O)(=O)c1ccccc1)S(=O)(=O)c1ccccc1. The fraction of sp³-hybridized carbons (Fsp3) is 0.263. The van der Waals surface area contributed by atoms with Crippen molar-refractivity contribution < 1.29 is 43.3 Å². The Morgan fingerprint density at radius 1 is 0.543 bits per heavy atom. The van der Waals surface area contributed by atoms with Gasteiger partial charge in [-0.05, 0) is 37.1 Å². The van der Waals surface area contributed by atoms with Gasteiger partial charge in [-0.2, -0.15) is 0 Å². The van der Waals surface area contributed by atoms with Crippen molar-refractivity contribution in [1.82, 2.24) is 0 Å². The van der Waals surface area contributed by atoms with Crippen molar-refractivity contribution in [2.45, 2.75) is 29.1 Å². The molecule has 0 fully saturated rings. The number of hydrogen-bond acceptors (Lipinski definition) is 8. The van der Waals surface area contributed by atoms with Crippen LogP contribution in [0, 0.1) is 0 Å². The first-order valence-electron chi connectivity index (χ1n) is 9.80. The first-order valence-corrected chi connectivity index (χ1v) is 16.1. The molecule has 2 aromatic rings. The van der Waals surface area contributed by atoms with Crippen LogP contribution in [0.25, 0.3) is 11.1 Å². The van der Waals surface area contributed by atoms with E-state index in [9.17, 15) is 33.7 Å². The first kappa shape index (κ1) is 28.2. The van der Waals surface area contributed by atoms with E-state index in [0.29, 0.717) is 0 Å². The summed E-state index contributed by atoms with van der Waals surface area (Å²) in [7, 11) is -18.4. The summed E-state index contributed by atoms with van der Waals surface area (Å²) in [5.74, 6) is -1.55. The van der Waals surface area contributed by atoms with Gasteiger partial charge in [0.1, 0.15) is 0 Å². The number of benzene rings is 2. The molecule has 0 saturated carbocycles. The molecule has 16 heteroatoms. The highest BCUT2D eigenvalue weighted by Gasteiger charge is 2.43. The van der Waals surface area contributed by atoms with Crippen molar-refractivity contribution >= 4 is 48.1 Å². The number of rotatable bonds is 8. The van der Waals surface area contributed by atoms with Gasteiger partial charge < -0.3 is 11.1 Å². The van der Waals surface area contributed by atoms with Crippen LogP contribution in [0.1, 0.15) is 19.3 Å². The molecule has 0 unspecified atom stereocenters. The van der Waals surface area contributed by atoms with E-state index in [1.165, 1.54) is 36.4 Å². The van der Waals surface area contributed by atoms with Gasteiger partial charge >= 0.3 is 8.75 Å². The predicted molar refractivity (Wildman–Crippen MR) is 126 cm³/mol. The fourth-order valence-electron chi connectivity index (χ4n) is 2.90. The quantitative estimate of drug-likeness (QED) is 0.150. The zero-order chi connectivity index (χ0) is 26.3. The van der Waals surface area contributed by atoms with E-state index in [-0.39, 0.29) is 19.3 Å². The maximum atomic E-state index is 12.5. The van der Waals surface area contributed by atoms with Crippen molar-refractivity contribution in [2.75, 3.05) is 11.5 Å². The van der Waals surface area contributed by atoms with Crippen LogP contribution in [0.2, 0.25) is 0 Å². The standard InChI is InChI=1S/C19H20N4O8S4/c20-22-18(34(28,29)16-10-4-1-5-11-16)32(24,25)14-8-3-9-15-33(26,27)19(23-21)35(30,31)17-12-6-2-7-13-17/h1-2,4-7,10-13H,3,8-9,14-15H2. The van der Waals surface area contributed by atoms with E-state index >= 15 is 0 Å². The maximum absolute atomic E-state index is 12.5. The average Bonchev–Trinajstić information content (AvgIpc) is 2.80. The second-order valence-corrected chi connectivity index (χ2v) is 15.4. The van der Waals surface area contributed by atoms with Crippen LogP contribution in [-0.4, -0.2) is 63.5 Å². The lowest BCUT2D eigenvalue weighted by atomic mass is 10.3. The molecule has 0 aliphatic heterocycles. The molecular weight excluding hydrogens is 540 g/mol. The molecule has 0 bridgehead atoms. The highest BCUT2D eigenvalue weighted by atomic mass is 32.3. The summed E-state index contributed by atoms with van der Waals surface area (Å²) in [6, 6.07) is 13.0. The van der Waals surface area contributed by atoms with Gasteiger partial charge in [-0.3, -0.25) is 0 Å². The molecule has 0 spiro atoms. The van der Waals surface area contributed by atoms with Crippen LogP contribution in [-0.2, 0) is 39.3 Å². The largest absolute Gasteiger partial charge is 0.499 e. The number of hydrogen-bond donors (Lipinski definition) is 0. The second kappa shape index (κ2) is 11.2. The van der Waals surface area contributed by atoms with Gasteiger partial charge in [0, 0.05) is 0 Å². The zero-order valence-corrected chi connectivity index (χ0v) is 21.3. The van der Waals surface area contributed by atoms with E-state index < -0.39 is 69.4 Å². The third kappa shape index (κ3) is 6.57. The Morgan fingerprint density at radius 2 is 0.857 bits per heavy atom. The summed E-state index contributed by atoms with van der Waals surface area (Å²) in [5.41, 5.74) is 18.2. The third-order valence-electron chi connectivity index (χ3n) is 4.59. The topological polar surface area (TPSA) is 209 Å². The van der Waals surface area contributed by atoms with Gasteiger partial charge in [0.15, 0.2) is 0 Å². The monoisotopic (exact) mass is 560 g/mol. The minimum Gasteiger partial charge on any atom is -0.359 e. The van der Waals surface area contributed by atoms with E-state index in [2.05, 4.69) is 9.58 Å². The Kier molecular flexibility index (Phi) is 9.00. The molecule has 0 radical (unpaired) electrons. The molecule has 0 saturated heterocycles. The Hall–Kier alpha value is -3.00. The Bertz CT molecular complexity index is 1480. The lowest BCUT2D eigenvalue weighted by Gasteiger charge is -2.04. The van der Waals surface area contributed by atoms with Crippen molar-refractivity contribution in [3.05, 3.63) is 71.7 Å². The minimum absolute atomic E-state index is 0.0767. The molecule has 35 heavy (non-hydrogen) atoms. The Balaban J connectivity index is 2.06. The van der Waals surface area contributed by atoms with Crippen LogP contribution in [0.5, 0.6) is 0 Å². The normalized spacial score (nSPS) is 12.3. The van der Waals surface area contributed by atoms with E-state index in [0.717, 1.165) is 24.3 Å². The van der Waals surface area contributed by atoms with E-state index in [1.807, 2.05) is 0 Å². The molecule has 0 N–H and O–H groups in total. The smallest absolute Gasteiger partial charge is 0.359 e. The Morgan fingerprint density at radius 3 is 1.14 bits per heavy atom. The number of unbranched alkanes of at least 4 members (excludes halogenated alkanes) is 2. The van der Waals surface area contributed by atoms with E-state index in [1.54, 1.807) is 0 Å². The number of sulfone groups is 4. The van der Waals surface area contributed by atoms with Gasteiger partial charge in [0.05, 0.1) is 21.3 Å². The average molecular weight is 561 g/mol. The van der Waals surface area contributed by atoms with Crippen LogP contribution in [0.15, 0.2) is 70.5 Å². The predicted octanol–water partition coefficient (Wildman–Crippen LogP) is 1.11. The van der Waals surface area contributed by atoms with Crippen LogP contribution in [0.3, 0.4) is 0 Å². The molecule has 12 nitrogen and oxygen atoms in total. The first-order chi connectivity index (χ1) is 16.3. The highest BCUT2D eigenvalue weighted by molar-refractivity contribution is 8.31. The molecule has 0 aliphatic rings. The van der Waals surface area contributed by atoms with E-state index in [4.69, 9.17) is 11.1 Å². The lowest BCUT2D eigenvalue weighted by molar-refractivity contribution is 0.00351. The Labute approximate surface area is 203 Å². The van der Waals surface area contributed by atoms with Gasteiger partial charge in [0.25, 0.3) is 39.3 Å². The summed E-state index contributed by atoms with van der Waals surface area (Å²) in [4.78, 5) is 4.16. The molecule has 0 atom stereocenters. The van der Waals surface area contributed by atoms with Crippen molar-refractivity contribution in [2.24, 2.45) is 0 Å². The van der Waals surface area contributed by atoms with Crippen LogP contribution >= 0.6 is 0 Å². The number of nitrogens with zero attached hydrogens (tertiary/aromatic N) is 4. The fourth-order valence-corrected chi connectivity index (χ4v) is 10.1. The summed E-state index contributed by atoms with van der Waals surface area (Å²) >= 11 is 0. The molecule has 0 aliphatic carbocycles. The summed E-state index contributed by atoms with van der Waals surface area (Å²) in [6.45, 7) is 0. The van der Waals surface area contributed by atoms with Gasteiger partial charge in [-0.25, -0.2) is 33.7 Å². The molecule has 0 heterocycles. The maximum Gasteiger partial charge on any atom is 0.499 e. The molecule has 0 amide bonds. The van der Waals surface area contributed by atoms with Crippen molar-refractivity contribution in [3.8, 4) is 0 Å². The summed E-state index contributed by atoms with van der Waals surface area (Å²) < 4.78 is 97.0. The molecule has 188 valence electrons. The lowest BCUT2D eigenvalue weighted by Crippen LogP contribution is -2.29. The second-order valence-electron chi connectivity index (χ2n) is 7.06. The van der Waals surface area contributed by atoms with Gasteiger partial charge in [-0.15, -0.1) is 9.58 Å². The highest BCUT2D eigenvalue weighted by Crippen LogP contribution is 2.18. The molecule has 0 aromatic heterocycles. The molecule has 2 rings (SSSR count). The van der Waals surface area contributed by atoms with Crippen LogP contribution < -0.4 is 0 Å².